The summed E-state index contributed by atoms with van der Waals surface area (Å²) in [5.74, 6) is 1.51. The molecule has 166 valence electrons. The summed E-state index contributed by atoms with van der Waals surface area (Å²) < 4.78 is 21.0. The molecule has 0 N–H and O–H groups in total. The molecule has 1 fully saturated rings. The van der Waals surface area contributed by atoms with E-state index < -0.39 is 0 Å². The van der Waals surface area contributed by atoms with Crippen molar-refractivity contribution in [2.45, 2.75) is 26.2 Å². The minimum atomic E-state index is -0.284. The van der Waals surface area contributed by atoms with Gasteiger partial charge in [-0.2, -0.15) is 5.10 Å². The van der Waals surface area contributed by atoms with Crippen molar-refractivity contribution in [1.29, 1.82) is 0 Å². The average molecular weight is 441 g/mol. The summed E-state index contributed by atoms with van der Waals surface area (Å²) >= 11 is 0. The highest BCUT2D eigenvalue weighted by molar-refractivity contribution is 5.95. The molecule has 0 radical (unpaired) electrons. The number of aromatic nitrogens is 4. The SMILES string of the molecule is CC1CCC1.Cn1cc(-c2ncnc3oc(-c4ccccc4)cc23)c(-c2ccc(F)cc2)n1. The number of nitrogens with zero attached hydrogens (tertiary/aromatic N) is 4. The summed E-state index contributed by atoms with van der Waals surface area (Å²) in [4.78, 5) is 8.78. The van der Waals surface area contributed by atoms with Crippen molar-refractivity contribution < 1.29 is 8.81 Å². The maximum Gasteiger partial charge on any atom is 0.230 e. The minimum Gasteiger partial charge on any atom is -0.438 e. The fourth-order valence-corrected chi connectivity index (χ4v) is 3.91. The Bertz CT molecular complexity index is 1370. The predicted molar refractivity (Wildman–Crippen MR) is 128 cm³/mol. The monoisotopic (exact) mass is 440 g/mol. The molecule has 3 aromatic heterocycles. The lowest BCUT2D eigenvalue weighted by Gasteiger charge is -2.18. The topological polar surface area (TPSA) is 56.7 Å². The Hall–Kier alpha value is -3.80. The number of furan rings is 1. The Morgan fingerprint density at radius 1 is 0.939 bits per heavy atom. The Kier molecular flexibility index (Phi) is 5.73. The quantitative estimate of drug-likeness (QED) is 0.306. The van der Waals surface area contributed by atoms with Crippen LogP contribution in [0.2, 0.25) is 0 Å². The first-order valence-corrected chi connectivity index (χ1v) is 11.2. The molecule has 0 saturated heterocycles. The van der Waals surface area contributed by atoms with Gasteiger partial charge in [0.15, 0.2) is 0 Å². The van der Waals surface area contributed by atoms with Crippen LogP contribution in [-0.4, -0.2) is 19.7 Å². The number of aryl methyl sites for hydroxylation is 1. The maximum absolute atomic E-state index is 13.3. The van der Waals surface area contributed by atoms with Crippen LogP contribution in [0, 0.1) is 11.7 Å². The molecule has 0 aliphatic heterocycles. The average Bonchev–Trinajstić information content (AvgIpc) is 3.43. The van der Waals surface area contributed by atoms with E-state index in [2.05, 4.69) is 22.0 Å². The van der Waals surface area contributed by atoms with Gasteiger partial charge >= 0.3 is 0 Å². The number of benzene rings is 2. The highest BCUT2D eigenvalue weighted by Gasteiger charge is 2.19. The van der Waals surface area contributed by atoms with Gasteiger partial charge in [-0.25, -0.2) is 14.4 Å². The Labute approximate surface area is 191 Å². The van der Waals surface area contributed by atoms with Crippen molar-refractivity contribution in [3.63, 3.8) is 0 Å². The second kappa shape index (κ2) is 8.98. The van der Waals surface area contributed by atoms with Crippen LogP contribution in [0.1, 0.15) is 26.2 Å². The van der Waals surface area contributed by atoms with E-state index in [0.29, 0.717) is 5.71 Å². The zero-order chi connectivity index (χ0) is 22.8. The normalized spacial score (nSPS) is 13.4. The summed E-state index contributed by atoms with van der Waals surface area (Å²) in [5, 5.41) is 5.37. The molecule has 1 aliphatic rings. The lowest BCUT2D eigenvalue weighted by molar-refractivity contribution is 0.346. The van der Waals surface area contributed by atoms with Crippen LogP contribution in [0.4, 0.5) is 4.39 Å². The van der Waals surface area contributed by atoms with Gasteiger partial charge < -0.3 is 4.42 Å². The van der Waals surface area contributed by atoms with E-state index in [9.17, 15) is 4.39 Å². The van der Waals surface area contributed by atoms with E-state index in [4.69, 9.17) is 4.42 Å². The van der Waals surface area contributed by atoms with Crippen molar-refractivity contribution in [2.24, 2.45) is 13.0 Å². The summed E-state index contributed by atoms with van der Waals surface area (Å²) in [7, 11) is 1.85. The van der Waals surface area contributed by atoms with Crippen LogP contribution in [0.5, 0.6) is 0 Å². The lowest BCUT2D eigenvalue weighted by Crippen LogP contribution is -2.04. The first-order chi connectivity index (χ1) is 16.1. The molecule has 6 heteroatoms. The maximum atomic E-state index is 13.3. The predicted octanol–water partition coefficient (Wildman–Crippen LogP) is 6.90. The summed E-state index contributed by atoms with van der Waals surface area (Å²) in [6, 6.07) is 18.1. The molecule has 5 aromatic rings. The zero-order valence-corrected chi connectivity index (χ0v) is 18.7. The van der Waals surface area contributed by atoms with Crippen LogP contribution in [0.3, 0.4) is 0 Å². The first-order valence-electron chi connectivity index (χ1n) is 11.2. The second-order valence-electron chi connectivity index (χ2n) is 8.53. The molecule has 0 atom stereocenters. The molecule has 0 amide bonds. The molecule has 0 unspecified atom stereocenters. The molecular formula is C27H25FN4O. The molecule has 0 spiro atoms. The third-order valence-electron chi connectivity index (χ3n) is 5.98. The van der Waals surface area contributed by atoms with Gasteiger partial charge in [-0.1, -0.05) is 56.5 Å². The Morgan fingerprint density at radius 3 is 2.33 bits per heavy atom. The number of hydrogen-bond acceptors (Lipinski definition) is 4. The van der Waals surface area contributed by atoms with Crippen molar-refractivity contribution in [3.8, 4) is 33.8 Å². The summed E-state index contributed by atoms with van der Waals surface area (Å²) in [6.45, 7) is 2.31. The van der Waals surface area contributed by atoms with Gasteiger partial charge in [-0.05, 0) is 36.2 Å². The van der Waals surface area contributed by atoms with Crippen molar-refractivity contribution in [3.05, 3.63) is 79.0 Å². The molecule has 6 rings (SSSR count). The molecule has 1 saturated carbocycles. The van der Waals surface area contributed by atoms with Crippen molar-refractivity contribution in [2.75, 3.05) is 0 Å². The van der Waals surface area contributed by atoms with E-state index in [0.717, 1.165) is 45.1 Å². The van der Waals surface area contributed by atoms with E-state index in [1.807, 2.05) is 49.6 Å². The first kappa shape index (κ1) is 21.1. The highest BCUT2D eigenvalue weighted by atomic mass is 19.1. The van der Waals surface area contributed by atoms with Crippen LogP contribution in [0.15, 0.2) is 77.6 Å². The van der Waals surface area contributed by atoms with Crippen LogP contribution < -0.4 is 0 Å². The number of halogens is 1. The smallest absolute Gasteiger partial charge is 0.230 e. The number of hydrogen-bond donors (Lipinski definition) is 0. The molecule has 1 aliphatic carbocycles. The van der Waals surface area contributed by atoms with Gasteiger partial charge in [0.2, 0.25) is 5.71 Å². The Balaban J connectivity index is 0.000000406. The molecule has 3 heterocycles. The standard InChI is InChI=1S/C22H15FN4O.C5H10/c1-27-12-18(20(26-27)15-7-9-16(23)10-8-15)21-17-11-19(14-5-3-2-4-6-14)28-22(17)25-13-24-21;1-5-3-2-4-5/h2-13H,1H3;5H,2-4H2,1H3. The van der Waals surface area contributed by atoms with E-state index in [1.165, 1.54) is 37.7 Å². The van der Waals surface area contributed by atoms with Crippen molar-refractivity contribution in [1.82, 2.24) is 19.7 Å². The van der Waals surface area contributed by atoms with Gasteiger partial charge in [0, 0.05) is 29.9 Å². The summed E-state index contributed by atoms with van der Waals surface area (Å²) in [5.41, 5.74) is 4.58. The molecular weight excluding hydrogens is 415 g/mol. The van der Waals surface area contributed by atoms with Gasteiger partial charge in [0.25, 0.3) is 0 Å². The number of fused-ring (bicyclic) bond motifs is 1. The van der Waals surface area contributed by atoms with E-state index in [-0.39, 0.29) is 5.82 Å². The number of rotatable bonds is 3. The second-order valence-corrected chi connectivity index (χ2v) is 8.53. The van der Waals surface area contributed by atoms with Gasteiger partial charge in [0.05, 0.1) is 11.1 Å². The largest absolute Gasteiger partial charge is 0.438 e. The van der Waals surface area contributed by atoms with Gasteiger partial charge in [0.1, 0.15) is 23.6 Å². The lowest BCUT2D eigenvalue weighted by atomic mass is 9.88. The van der Waals surface area contributed by atoms with Crippen LogP contribution in [0.25, 0.3) is 44.9 Å². The van der Waals surface area contributed by atoms with Crippen LogP contribution >= 0.6 is 0 Å². The third kappa shape index (κ3) is 4.42. The fraction of sp³-hybridized carbons (Fsp3) is 0.222. The molecule has 5 nitrogen and oxygen atoms in total. The van der Waals surface area contributed by atoms with Gasteiger partial charge in [-0.15, -0.1) is 0 Å². The van der Waals surface area contributed by atoms with E-state index in [1.54, 1.807) is 16.8 Å². The summed E-state index contributed by atoms with van der Waals surface area (Å²) in [6.07, 6.45) is 7.84. The third-order valence-corrected chi connectivity index (χ3v) is 5.98. The molecule has 33 heavy (non-hydrogen) atoms. The molecule has 2 aromatic carbocycles. The van der Waals surface area contributed by atoms with Crippen LogP contribution in [-0.2, 0) is 7.05 Å². The fourth-order valence-electron chi connectivity index (χ4n) is 3.91. The van der Waals surface area contributed by atoms with E-state index >= 15 is 0 Å². The van der Waals surface area contributed by atoms with Crippen molar-refractivity contribution >= 4 is 11.1 Å². The Morgan fingerprint density at radius 2 is 1.67 bits per heavy atom. The zero-order valence-electron chi connectivity index (χ0n) is 18.7. The van der Waals surface area contributed by atoms with Gasteiger partial charge in [-0.3, -0.25) is 4.68 Å². The molecule has 0 bridgehead atoms. The highest BCUT2D eigenvalue weighted by Crippen LogP contribution is 2.36. The minimum absolute atomic E-state index is 0.284.